The molecule has 1 aromatic heterocycles. The average molecular weight is 255 g/mol. The van der Waals surface area contributed by atoms with E-state index in [1.807, 2.05) is 16.8 Å². The van der Waals surface area contributed by atoms with Crippen molar-refractivity contribution >= 4 is 0 Å². The summed E-state index contributed by atoms with van der Waals surface area (Å²) in [4.78, 5) is 0. The molecule has 0 amide bonds. The fourth-order valence-corrected chi connectivity index (χ4v) is 1.89. The van der Waals surface area contributed by atoms with Crippen LogP contribution in [0.3, 0.4) is 0 Å². The van der Waals surface area contributed by atoms with Gasteiger partial charge >= 0.3 is 0 Å². The van der Waals surface area contributed by atoms with Crippen molar-refractivity contribution in [1.82, 2.24) is 9.78 Å². The number of hydrogen-bond donors (Lipinski definition) is 0. The van der Waals surface area contributed by atoms with Gasteiger partial charge in [0.2, 0.25) is 0 Å². The zero-order valence-corrected chi connectivity index (χ0v) is 11.3. The summed E-state index contributed by atoms with van der Waals surface area (Å²) in [5.41, 5.74) is 2.74. The van der Waals surface area contributed by atoms with Crippen molar-refractivity contribution in [2.45, 2.75) is 33.4 Å². The molecular weight excluding hydrogens is 238 g/mol. The molecule has 0 N–H and O–H groups in total. The van der Waals surface area contributed by atoms with Crippen LogP contribution in [0.15, 0.2) is 30.3 Å². The standard InChI is InChI=1S/C15H17N3O/c1-3-13-9-14(18(4-2)17-13)11-19-15-7-5-6-12(8-15)10-16/h5-9H,3-4,11H2,1-2H3. The summed E-state index contributed by atoms with van der Waals surface area (Å²) in [6.45, 7) is 5.45. The number of aryl methyl sites for hydroxylation is 2. The van der Waals surface area contributed by atoms with Crippen molar-refractivity contribution < 1.29 is 4.74 Å². The van der Waals surface area contributed by atoms with E-state index in [1.165, 1.54) is 0 Å². The van der Waals surface area contributed by atoms with Gasteiger partial charge in [-0.15, -0.1) is 0 Å². The third kappa shape index (κ3) is 3.14. The molecule has 4 heteroatoms. The Morgan fingerprint density at radius 2 is 2.16 bits per heavy atom. The fourth-order valence-electron chi connectivity index (χ4n) is 1.89. The van der Waals surface area contributed by atoms with Crippen LogP contribution in [0.2, 0.25) is 0 Å². The van der Waals surface area contributed by atoms with Gasteiger partial charge in [0.15, 0.2) is 0 Å². The highest BCUT2D eigenvalue weighted by Gasteiger charge is 2.06. The van der Waals surface area contributed by atoms with Crippen molar-refractivity contribution in [2.75, 3.05) is 0 Å². The van der Waals surface area contributed by atoms with Crippen molar-refractivity contribution in [3.63, 3.8) is 0 Å². The summed E-state index contributed by atoms with van der Waals surface area (Å²) in [5.74, 6) is 0.709. The Morgan fingerprint density at radius 1 is 1.32 bits per heavy atom. The van der Waals surface area contributed by atoms with Gasteiger partial charge in [-0.2, -0.15) is 10.4 Å². The normalized spacial score (nSPS) is 10.2. The van der Waals surface area contributed by atoms with E-state index in [1.54, 1.807) is 12.1 Å². The van der Waals surface area contributed by atoms with E-state index >= 15 is 0 Å². The van der Waals surface area contributed by atoms with Gasteiger partial charge in [-0.25, -0.2) is 0 Å². The first-order valence-electron chi connectivity index (χ1n) is 6.45. The Labute approximate surface area is 113 Å². The monoisotopic (exact) mass is 255 g/mol. The van der Waals surface area contributed by atoms with Crippen LogP contribution < -0.4 is 4.74 Å². The third-order valence-electron chi connectivity index (χ3n) is 2.93. The predicted molar refractivity (Wildman–Crippen MR) is 72.8 cm³/mol. The highest BCUT2D eigenvalue weighted by molar-refractivity contribution is 5.36. The lowest BCUT2D eigenvalue weighted by Gasteiger charge is -2.07. The maximum atomic E-state index is 8.85. The molecule has 19 heavy (non-hydrogen) atoms. The smallest absolute Gasteiger partial charge is 0.130 e. The van der Waals surface area contributed by atoms with Crippen molar-refractivity contribution in [1.29, 1.82) is 5.26 Å². The van der Waals surface area contributed by atoms with Gasteiger partial charge in [-0.3, -0.25) is 4.68 Å². The second kappa shape index (κ2) is 6.05. The minimum absolute atomic E-state index is 0.468. The Kier molecular flexibility index (Phi) is 4.19. The number of nitriles is 1. The number of hydrogen-bond acceptors (Lipinski definition) is 3. The van der Waals surface area contributed by atoms with Crippen LogP contribution in [0.25, 0.3) is 0 Å². The van der Waals surface area contributed by atoms with E-state index in [2.05, 4.69) is 31.1 Å². The van der Waals surface area contributed by atoms with Crippen molar-refractivity contribution in [2.24, 2.45) is 0 Å². The van der Waals surface area contributed by atoms with Gasteiger partial charge in [0.1, 0.15) is 12.4 Å². The first-order chi connectivity index (χ1) is 9.26. The highest BCUT2D eigenvalue weighted by Crippen LogP contribution is 2.15. The molecule has 0 fully saturated rings. The molecule has 0 unspecified atom stereocenters. The number of rotatable bonds is 5. The summed E-state index contributed by atoms with van der Waals surface area (Å²) in [7, 11) is 0. The van der Waals surface area contributed by atoms with Crippen LogP contribution in [-0.4, -0.2) is 9.78 Å². The lowest BCUT2D eigenvalue weighted by atomic mass is 10.2. The van der Waals surface area contributed by atoms with Gasteiger partial charge in [0.25, 0.3) is 0 Å². The van der Waals surface area contributed by atoms with Crippen LogP contribution in [0.1, 0.15) is 30.8 Å². The van der Waals surface area contributed by atoms with Crippen LogP contribution in [0, 0.1) is 11.3 Å². The Bertz CT molecular complexity index is 596. The maximum absolute atomic E-state index is 8.85. The predicted octanol–water partition coefficient (Wildman–Crippen LogP) is 2.92. The largest absolute Gasteiger partial charge is 0.487 e. The Hall–Kier alpha value is -2.28. The van der Waals surface area contributed by atoms with Crippen LogP contribution >= 0.6 is 0 Å². The Balaban J connectivity index is 2.09. The van der Waals surface area contributed by atoms with E-state index in [-0.39, 0.29) is 0 Å². The molecule has 4 nitrogen and oxygen atoms in total. The molecule has 1 aromatic carbocycles. The summed E-state index contributed by atoms with van der Waals surface area (Å²) in [5, 5.41) is 13.3. The summed E-state index contributed by atoms with van der Waals surface area (Å²) < 4.78 is 7.67. The topological polar surface area (TPSA) is 50.8 Å². The van der Waals surface area contributed by atoms with E-state index in [9.17, 15) is 0 Å². The third-order valence-corrected chi connectivity index (χ3v) is 2.93. The zero-order chi connectivity index (χ0) is 13.7. The molecule has 2 aromatic rings. The molecule has 0 atom stereocenters. The lowest BCUT2D eigenvalue weighted by Crippen LogP contribution is -2.06. The first-order valence-corrected chi connectivity index (χ1v) is 6.45. The average Bonchev–Trinajstić information content (AvgIpc) is 2.87. The molecule has 0 aliphatic rings. The second-order valence-corrected chi connectivity index (χ2v) is 4.22. The number of benzene rings is 1. The minimum atomic E-state index is 0.468. The molecule has 1 heterocycles. The van der Waals surface area contributed by atoms with E-state index < -0.39 is 0 Å². The highest BCUT2D eigenvalue weighted by atomic mass is 16.5. The molecule has 0 aliphatic heterocycles. The molecule has 0 saturated carbocycles. The first kappa shape index (κ1) is 13.2. The lowest BCUT2D eigenvalue weighted by molar-refractivity contribution is 0.292. The van der Waals surface area contributed by atoms with Crippen molar-refractivity contribution in [3.8, 4) is 11.8 Å². The quantitative estimate of drug-likeness (QED) is 0.825. The Morgan fingerprint density at radius 3 is 2.84 bits per heavy atom. The maximum Gasteiger partial charge on any atom is 0.130 e. The SMILES string of the molecule is CCc1cc(COc2cccc(C#N)c2)n(CC)n1. The van der Waals surface area contributed by atoms with E-state index in [0.29, 0.717) is 17.9 Å². The molecule has 0 spiro atoms. The fraction of sp³-hybridized carbons (Fsp3) is 0.333. The van der Waals surface area contributed by atoms with Crippen LogP contribution in [0.4, 0.5) is 0 Å². The zero-order valence-electron chi connectivity index (χ0n) is 11.3. The molecule has 98 valence electrons. The molecule has 0 bridgehead atoms. The van der Waals surface area contributed by atoms with Gasteiger partial charge in [0.05, 0.1) is 23.0 Å². The van der Waals surface area contributed by atoms with Gasteiger partial charge in [-0.05, 0) is 37.6 Å². The minimum Gasteiger partial charge on any atom is -0.487 e. The molecular formula is C15H17N3O. The van der Waals surface area contributed by atoms with Crippen LogP contribution in [-0.2, 0) is 19.6 Å². The number of ether oxygens (including phenoxy) is 1. The van der Waals surface area contributed by atoms with E-state index in [4.69, 9.17) is 10.00 Å². The summed E-state index contributed by atoms with van der Waals surface area (Å²) in [6, 6.07) is 11.4. The second-order valence-electron chi connectivity index (χ2n) is 4.22. The van der Waals surface area contributed by atoms with Gasteiger partial charge in [-0.1, -0.05) is 13.0 Å². The number of nitrogens with zero attached hydrogens (tertiary/aromatic N) is 3. The molecule has 2 rings (SSSR count). The number of aromatic nitrogens is 2. The molecule has 0 aliphatic carbocycles. The van der Waals surface area contributed by atoms with Gasteiger partial charge in [0, 0.05) is 6.54 Å². The van der Waals surface area contributed by atoms with Crippen molar-refractivity contribution in [3.05, 3.63) is 47.3 Å². The molecule has 0 radical (unpaired) electrons. The molecule has 0 saturated heterocycles. The van der Waals surface area contributed by atoms with E-state index in [0.717, 1.165) is 24.4 Å². The summed E-state index contributed by atoms with van der Waals surface area (Å²) >= 11 is 0. The van der Waals surface area contributed by atoms with Crippen LogP contribution in [0.5, 0.6) is 5.75 Å². The van der Waals surface area contributed by atoms with Gasteiger partial charge < -0.3 is 4.74 Å². The summed E-state index contributed by atoms with van der Waals surface area (Å²) in [6.07, 6.45) is 0.921.